The van der Waals surface area contributed by atoms with Crippen molar-refractivity contribution in [3.63, 3.8) is 0 Å². The van der Waals surface area contributed by atoms with Gasteiger partial charge in [0.05, 0.1) is 11.1 Å². The van der Waals surface area contributed by atoms with Gasteiger partial charge in [-0.15, -0.1) is 10.2 Å². The van der Waals surface area contributed by atoms with Crippen molar-refractivity contribution < 1.29 is 4.79 Å². The van der Waals surface area contributed by atoms with E-state index in [1.807, 2.05) is 0 Å². The summed E-state index contributed by atoms with van der Waals surface area (Å²) in [6.07, 6.45) is 0. The number of hydrogen-bond acceptors (Lipinski definition) is 5. The normalized spacial score (nSPS) is 10.3. The molecule has 2 aromatic rings. The zero-order valence-electron chi connectivity index (χ0n) is 7.14. The molecule has 1 aromatic carbocycles. The summed E-state index contributed by atoms with van der Waals surface area (Å²) in [5.74, 6) is -0.490. The van der Waals surface area contributed by atoms with E-state index >= 15 is 0 Å². The topological polar surface area (TPSA) is 108 Å². The number of carbonyl (C=O) groups excluding carboxylic acids is 1. The van der Waals surface area contributed by atoms with E-state index in [1.54, 1.807) is 18.2 Å². The molecule has 0 saturated carbocycles. The van der Waals surface area contributed by atoms with Crippen molar-refractivity contribution in [3.8, 4) is 0 Å². The predicted octanol–water partition coefficient (Wildman–Crippen LogP) is -0.294. The highest BCUT2D eigenvalue weighted by molar-refractivity contribution is 6.03. The van der Waals surface area contributed by atoms with Crippen LogP contribution in [0.3, 0.4) is 0 Å². The largest absolute Gasteiger partial charge is 0.366 e. The first-order valence-electron chi connectivity index (χ1n) is 3.87. The van der Waals surface area contributed by atoms with Crippen LogP contribution in [0.4, 0.5) is 5.95 Å². The van der Waals surface area contributed by atoms with Gasteiger partial charge < -0.3 is 11.5 Å². The third kappa shape index (κ3) is 1.22. The Labute approximate surface area is 78.9 Å². The smallest absolute Gasteiger partial charge is 0.251 e. The third-order valence-electron chi connectivity index (χ3n) is 1.77. The lowest BCUT2D eigenvalue weighted by molar-refractivity contribution is 0.100. The number of rotatable bonds is 1. The van der Waals surface area contributed by atoms with E-state index in [0.29, 0.717) is 16.6 Å². The zero-order valence-corrected chi connectivity index (χ0v) is 7.14. The average Bonchev–Trinajstić information content (AvgIpc) is 2.16. The molecule has 1 heterocycles. The van der Waals surface area contributed by atoms with Gasteiger partial charge in [-0.1, -0.05) is 6.07 Å². The standard InChI is InChI=1S/C8H7N5O/c9-7(14)4-2-1-3-5-6(4)12-13-8(10)11-5/h1-3H,(H2,9,14)(H2,10,11,13). The molecule has 6 heteroatoms. The summed E-state index contributed by atoms with van der Waals surface area (Å²) in [6.45, 7) is 0. The molecule has 2 rings (SSSR count). The molecule has 6 nitrogen and oxygen atoms in total. The lowest BCUT2D eigenvalue weighted by Crippen LogP contribution is -2.12. The number of aromatic nitrogens is 3. The van der Waals surface area contributed by atoms with Crippen LogP contribution in [0, 0.1) is 0 Å². The number of nitrogens with two attached hydrogens (primary N) is 2. The SMILES string of the molecule is NC(=O)c1cccc2nc(N)nnc12. The van der Waals surface area contributed by atoms with E-state index in [9.17, 15) is 4.79 Å². The number of anilines is 1. The van der Waals surface area contributed by atoms with Gasteiger partial charge in [-0.25, -0.2) is 4.98 Å². The summed E-state index contributed by atoms with van der Waals surface area (Å²) >= 11 is 0. The molecule has 4 N–H and O–H groups in total. The maximum absolute atomic E-state index is 11.0. The Hall–Kier alpha value is -2.24. The highest BCUT2D eigenvalue weighted by Gasteiger charge is 2.08. The first-order valence-corrected chi connectivity index (χ1v) is 3.87. The first kappa shape index (κ1) is 8.36. The number of nitrogen functional groups attached to an aromatic ring is 1. The second-order valence-corrected chi connectivity index (χ2v) is 2.71. The van der Waals surface area contributed by atoms with Crippen molar-refractivity contribution >= 4 is 22.9 Å². The Morgan fingerprint density at radius 1 is 1.29 bits per heavy atom. The van der Waals surface area contributed by atoms with Gasteiger partial charge in [-0.05, 0) is 12.1 Å². The van der Waals surface area contributed by atoms with Crippen molar-refractivity contribution in [2.45, 2.75) is 0 Å². The fourth-order valence-corrected chi connectivity index (χ4v) is 1.17. The van der Waals surface area contributed by atoms with Gasteiger partial charge in [0, 0.05) is 0 Å². The quantitative estimate of drug-likeness (QED) is 0.640. The van der Waals surface area contributed by atoms with Gasteiger partial charge in [-0.3, -0.25) is 4.79 Å². The minimum atomic E-state index is -0.559. The molecule has 0 radical (unpaired) electrons. The van der Waals surface area contributed by atoms with Crippen molar-refractivity contribution in [1.82, 2.24) is 15.2 Å². The number of nitrogens with zero attached hydrogens (tertiary/aromatic N) is 3. The Bertz CT molecular complexity index is 510. The van der Waals surface area contributed by atoms with E-state index in [1.165, 1.54) is 0 Å². The number of carbonyl (C=O) groups is 1. The van der Waals surface area contributed by atoms with Gasteiger partial charge in [0.2, 0.25) is 5.95 Å². The van der Waals surface area contributed by atoms with Crippen LogP contribution in [-0.2, 0) is 0 Å². The van der Waals surface area contributed by atoms with E-state index in [-0.39, 0.29) is 5.95 Å². The molecule has 0 aliphatic heterocycles. The maximum Gasteiger partial charge on any atom is 0.251 e. The predicted molar refractivity (Wildman–Crippen MR) is 50.3 cm³/mol. The molecule has 0 fully saturated rings. The second kappa shape index (κ2) is 2.91. The lowest BCUT2D eigenvalue weighted by Gasteiger charge is -2.00. The van der Waals surface area contributed by atoms with Crippen molar-refractivity contribution in [3.05, 3.63) is 23.8 Å². The monoisotopic (exact) mass is 189 g/mol. The summed E-state index contributed by atoms with van der Waals surface area (Å²) in [4.78, 5) is 14.9. The molecular weight excluding hydrogens is 182 g/mol. The number of hydrogen-bond donors (Lipinski definition) is 2. The maximum atomic E-state index is 11.0. The lowest BCUT2D eigenvalue weighted by atomic mass is 10.2. The van der Waals surface area contributed by atoms with Gasteiger partial charge in [0.1, 0.15) is 5.52 Å². The number of benzene rings is 1. The van der Waals surface area contributed by atoms with Crippen LogP contribution >= 0.6 is 0 Å². The van der Waals surface area contributed by atoms with Gasteiger partial charge >= 0.3 is 0 Å². The van der Waals surface area contributed by atoms with E-state index in [2.05, 4.69) is 15.2 Å². The number of amides is 1. The van der Waals surface area contributed by atoms with E-state index < -0.39 is 5.91 Å². The minimum Gasteiger partial charge on any atom is -0.366 e. The van der Waals surface area contributed by atoms with E-state index in [0.717, 1.165) is 0 Å². The Balaban J connectivity index is 2.81. The van der Waals surface area contributed by atoms with Gasteiger partial charge in [0.15, 0.2) is 0 Å². The molecule has 1 amide bonds. The van der Waals surface area contributed by atoms with Crippen LogP contribution in [0.15, 0.2) is 18.2 Å². The molecule has 70 valence electrons. The van der Waals surface area contributed by atoms with Crippen molar-refractivity contribution in [1.29, 1.82) is 0 Å². The van der Waals surface area contributed by atoms with E-state index in [4.69, 9.17) is 11.5 Å². The molecule has 0 bridgehead atoms. The molecular formula is C8H7N5O. The zero-order chi connectivity index (χ0) is 10.1. The Kier molecular flexibility index (Phi) is 1.74. The van der Waals surface area contributed by atoms with Crippen LogP contribution in [0.5, 0.6) is 0 Å². The van der Waals surface area contributed by atoms with Crippen LogP contribution in [0.1, 0.15) is 10.4 Å². The summed E-state index contributed by atoms with van der Waals surface area (Å²) in [5.41, 5.74) is 11.7. The van der Waals surface area contributed by atoms with Crippen LogP contribution in [0.2, 0.25) is 0 Å². The van der Waals surface area contributed by atoms with Crippen LogP contribution in [-0.4, -0.2) is 21.1 Å². The van der Waals surface area contributed by atoms with Crippen molar-refractivity contribution in [2.75, 3.05) is 5.73 Å². The molecule has 0 saturated heterocycles. The molecule has 1 aromatic heterocycles. The Morgan fingerprint density at radius 3 is 2.79 bits per heavy atom. The fraction of sp³-hybridized carbons (Fsp3) is 0. The molecule has 0 atom stereocenters. The number of primary amides is 1. The van der Waals surface area contributed by atoms with Gasteiger partial charge in [0.25, 0.3) is 5.91 Å². The second-order valence-electron chi connectivity index (χ2n) is 2.71. The number of fused-ring (bicyclic) bond motifs is 1. The summed E-state index contributed by atoms with van der Waals surface area (Å²) in [6, 6.07) is 4.92. The highest BCUT2D eigenvalue weighted by Crippen LogP contribution is 2.13. The minimum absolute atomic E-state index is 0.0686. The highest BCUT2D eigenvalue weighted by atomic mass is 16.1. The summed E-state index contributed by atoms with van der Waals surface area (Å²) in [5, 5.41) is 7.32. The molecule has 0 aliphatic carbocycles. The van der Waals surface area contributed by atoms with Crippen LogP contribution < -0.4 is 11.5 Å². The molecule has 0 spiro atoms. The molecule has 14 heavy (non-hydrogen) atoms. The summed E-state index contributed by atoms with van der Waals surface area (Å²) in [7, 11) is 0. The first-order chi connectivity index (χ1) is 6.68. The van der Waals surface area contributed by atoms with Gasteiger partial charge in [-0.2, -0.15) is 0 Å². The molecule has 0 aliphatic rings. The van der Waals surface area contributed by atoms with Crippen molar-refractivity contribution in [2.24, 2.45) is 5.73 Å². The third-order valence-corrected chi connectivity index (χ3v) is 1.77. The average molecular weight is 189 g/mol. The Morgan fingerprint density at radius 2 is 2.07 bits per heavy atom. The molecule has 0 unspecified atom stereocenters. The fourth-order valence-electron chi connectivity index (χ4n) is 1.17. The summed E-state index contributed by atoms with van der Waals surface area (Å²) < 4.78 is 0. The van der Waals surface area contributed by atoms with Crippen LogP contribution in [0.25, 0.3) is 11.0 Å².